The summed E-state index contributed by atoms with van der Waals surface area (Å²) in [6.07, 6.45) is 1.60. The Morgan fingerprint density at radius 3 is 2.71 bits per heavy atom. The molecule has 1 amide bonds. The Hall–Kier alpha value is -1.89. The number of benzene rings is 2. The molecule has 2 aromatic carbocycles. The second-order valence-corrected chi connectivity index (χ2v) is 5.46. The number of carbonyl (C=O) groups is 1. The van der Waals surface area contributed by atoms with Crippen molar-refractivity contribution in [3.63, 3.8) is 0 Å². The highest BCUT2D eigenvalue weighted by molar-refractivity contribution is 14.1. The van der Waals surface area contributed by atoms with E-state index in [1.54, 1.807) is 12.3 Å². The highest BCUT2D eigenvalue weighted by Crippen LogP contribution is 2.11. The van der Waals surface area contributed by atoms with Gasteiger partial charge in [0, 0.05) is 9.13 Å². The first-order valence-electron chi connectivity index (χ1n) is 6.51. The standard InChI is InChI=1S/C16H15IN2O2/c1-2-21-15-8-6-12(7-9-15)11-18-19-16(20)13-4-3-5-14(17)10-13/h3-11H,2H2,1H3,(H,19,20)/b18-11+. The van der Waals surface area contributed by atoms with Crippen LogP contribution in [0.4, 0.5) is 0 Å². The molecule has 0 radical (unpaired) electrons. The summed E-state index contributed by atoms with van der Waals surface area (Å²) < 4.78 is 6.37. The van der Waals surface area contributed by atoms with Gasteiger partial charge in [-0.15, -0.1) is 0 Å². The minimum Gasteiger partial charge on any atom is -0.494 e. The normalized spacial score (nSPS) is 10.6. The van der Waals surface area contributed by atoms with Gasteiger partial charge in [0.05, 0.1) is 12.8 Å². The zero-order chi connectivity index (χ0) is 15.1. The van der Waals surface area contributed by atoms with Crippen molar-refractivity contribution in [1.82, 2.24) is 5.43 Å². The van der Waals surface area contributed by atoms with Crippen LogP contribution >= 0.6 is 22.6 Å². The molecule has 0 saturated carbocycles. The predicted octanol–water partition coefficient (Wildman–Crippen LogP) is 3.45. The second kappa shape index (κ2) is 7.78. The summed E-state index contributed by atoms with van der Waals surface area (Å²) >= 11 is 2.17. The fraction of sp³-hybridized carbons (Fsp3) is 0.125. The van der Waals surface area contributed by atoms with Crippen LogP contribution in [-0.4, -0.2) is 18.7 Å². The van der Waals surface area contributed by atoms with Crippen molar-refractivity contribution in [1.29, 1.82) is 0 Å². The maximum Gasteiger partial charge on any atom is 0.271 e. The van der Waals surface area contributed by atoms with Crippen molar-refractivity contribution in [3.8, 4) is 5.75 Å². The van der Waals surface area contributed by atoms with Crippen molar-refractivity contribution in [2.24, 2.45) is 5.10 Å². The van der Waals surface area contributed by atoms with Gasteiger partial charge >= 0.3 is 0 Å². The smallest absolute Gasteiger partial charge is 0.271 e. The summed E-state index contributed by atoms with van der Waals surface area (Å²) in [5.74, 6) is 0.591. The molecule has 4 nitrogen and oxygen atoms in total. The van der Waals surface area contributed by atoms with Crippen LogP contribution in [0.5, 0.6) is 5.75 Å². The van der Waals surface area contributed by atoms with Gasteiger partial charge in [0.1, 0.15) is 5.75 Å². The molecule has 0 saturated heterocycles. The van der Waals surface area contributed by atoms with Crippen LogP contribution in [0.15, 0.2) is 53.6 Å². The fourth-order valence-corrected chi connectivity index (χ4v) is 2.22. The maximum absolute atomic E-state index is 11.9. The van der Waals surface area contributed by atoms with E-state index in [4.69, 9.17) is 4.74 Å². The van der Waals surface area contributed by atoms with Gasteiger partial charge < -0.3 is 4.74 Å². The van der Waals surface area contributed by atoms with E-state index in [-0.39, 0.29) is 5.91 Å². The minimum atomic E-state index is -0.226. The Bertz CT molecular complexity index is 639. The Morgan fingerprint density at radius 1 is 1.29 bits per heavy atom. The topological polar surface area (TPSA) is 50.7 Å². The molecule has 0 fully saturated rings. The second-order valence-electron chi connectivity index (χ2n) is 4.21. The van der Waals surface area contributed by atoms with Gasteiger partial charge in [-0.05, 0) is 77.5 Å². The lowest BCUT2D eigenvalue weighted by atomic mass is 10.2. The monoisotopic (exact) mass is 394 g/mol. The number of nitrogens with zero attached hydrogens (tertiary/aromatic N) is 1. The van der Waals surface area contributed by atoms with Gasteiger partial charge in [-0.1, -0.05) is 6.07 Å². The van der Waals surface area contributed by atoms with Crippen LogP contribution in [0.2, 0.25) is 0 Å². The first-order valence-corrected chi connectivity index (χ1v) is 7.58. The van der Waals surface area contributed by atoms with Crippen LogP contribution < -0.4 is 10.2 Å². The first-order chi connectivity index (χ1) is 10.2. The third kappa shape index (κ3) is 4.86. The minimum absolute atomic E-state index is 0.226. The van der Waals surface area contributed by atoms with Gasteiger partial charge in [0.15, 0.2) is 0 Å². The third-order valence-electron chi connectivity index (χ3n) is 2.66. The molecular weight excluding hydrogens is 379 g/mol. The molecule has 108 valence electrons. The SMILES string of the molecule is CCOc1ccc(/C=N/NC(=O)c2cccc(I)c2)cc1. The molecule has 0 bridgehead atoms. The van der Waals surface area contributed by atoms with E-state index in [1.165, 1.54) is 0 Å². The number of carbonyl (C=O) groups excluding carboxylic acids is 1. The van der Waals surface area contributed by atoms with Gasteiger partial charge in [-0.3, -0.25) is 4.79 Å². The molecule has 1 N–H and O–H groups in total. The van der Waals surface area contributed by atoms with Gasteiger partial charge in [0.2, 0.25) is 0 Å². The van der Waals surface area contributed by atoms with Crippen LogP contribution in [0.1, 0.15) is 22.8 Å². The fourth-order valence-electron chi connectivity index (χ4n) is 1.68. The zero-order valence-electron chi connectivity index (χ0n) is 11.5. The van der Waals surface area contributed by atoms with Gasteiger partial charge in [-0.25, -0.2) is 5.43 Å². The average Bonchev–Trinajstić information content (AvgIpc) is 2.49. The van der Waals surface area contributed by atoms with Crippen molar-refractivity contribution < 1.29 is 9.53 Å². The summed E-state index contributed by atoms with van der Waals surface area (Å²) in [4.78, 5) is 11.9. The lowest BCUT2D eigenvalue weighted by Gasteiger charge is -2.02. The number of halogens is 1. The quantitative estimate of drug-likeness (QED) is 0.480. The molecule has 5 heteroatoms. The van der Waals surface area contributed by atoms with E-state index in [0.29, 0.717) is 12.2 Å². The number of ether oxygens (including phenoxy) is 1. The molecule has 0 aromatic heterocycles. The molecule has 0 spiro atoms. The number of rotatable bonds is 5. The molecule has 21 heavy (non-hydrogen) atoms. The van der Waals surface area contributed by atoms with Gasteiger partial charge in [-0.2, -0.15) is 5.10 Å². The molecule has 0 aliphatic heterocycles. The summed E-state index contributed by atoms with van der Waals surface area (Å²) in [6.45, 7) is 2.58. The van der Waals surface area contributed by atoms with Crippen LogP contribution in [-0.2, 0) is 0 Å². The van der Waals surface area contributed by atoms with E-state index >= 15 is 0 Å². The Labute approximate surface area is 137 Å². The molecule has 0 heterocycles. The van der Waals surface area contributed by atoms with Crippen LogP contribution in [0.3, 0.4) is 0 Å². The van der Waals surface area contributed by atoms with Gasteiger partial charge in [0.25, 0.3) is 5.91 Å². The summed E-state index contributed by atoms with van der Waals surface area (Å²) in [7, 11) is 0. The molecule has 0 aliphatic carbocycles. The Morgan fingerprint density at radius 2 is 2.05 bits per heavy atom. The molecular formula is C16H15IN2O2. The van der Waals surface area contributed by atoms with E-state index in [2.05, 4.69) is 33.1 Å². The molecule has 0 atom stereocenters. The third-order valence-corrected chi connectivity index (χ3v) is 3.33. The van der Waals surface area contributed by atoms with E-state index in [0.717, 1.165) is 14.9 Å². The number of hydrogen-bond acceptors (Lipinski definition) is 3. The summed E-state index contributed by atoms with van der Waals surface area (Å²) in [5.41, 5.74) is 3.99. The highest BCUT2D eigenvalue weighted by Gasteiger charge is 2.03. The lowest BCUT2D eigenvalue weighted by molar-refractivity contribution is 0.0955. The molecule has 2 aromatic rings. The number of amides is 1. The van der Waals surface area contributed by atoms with Crippen molar-refractivity contribution in [3.05, 3.63) is 63.2 Å². The lowest BCUT2D eigenvalue weighted by Crippen LogP contribution is -2.17. The van der Waals surface area contributed by atoms with Crippen LogP contribution in [0.25, 0.3) is 0 Å². The zero-order valence-corrected chi connectivity index (χ0v) is 13.7. The summed E-state index contributed by atoms with van der Waals surface area (Å²) in [5, 5.41) is 3.96. The Kier molecular flexibility index (Phi) is 5.74. The number of hydrogen-bond donors (Lipinski definition) is 1. The average molecular weight is 394 g/mol. The predicted molar refractivity (Wildman–Crippen MR) is 91.8 cm³/mol. The number of nitrogens with one attached hydrogen (secondary N) is 1. The molecule has 0 unspecified atom stereocenters. The number of hydrazone groups is 1. The van der Waals surface area contributed by atoms with Crippen molar-refractivity contribution >= 4 is 34.7 Å². The summed E-state index contributed by atoms with van der Waals surface area (Å²) in [6, 6.07) is 14.8. The Balaban J connectivity index is 1.94. The van der Waals surface area contributed by atoms with Crippen LogP contribution in [0, 0.1) is 3.57 Å². The maximum atomic E-state index is 11.9. The van der Waals surface area contributed by atoms with E-state index in [1.807, 2.05) is 49.4 Å². The molecule has 2 rings (SSSR count). The van der Waals surface area contributed by atoms with Crippen molar-refractivity contribution in [2.75, 3.05) is 6.61 Å². The first kappa shape index (κ1) is 15.5. The largest absolute Gasteiger partial charge is 0.494 e. The molecule has 0 aliphatic rings. The van der Waals surface area contributed by atoms with Crippen molar-refractivity contribution in [2.45, 2.75) is 6.92 Å². The van der Waals surface area contributed by atoms with E-state index < -0.39 is 0 Å². The highest BCUT2D eigenvalue weighted by atomic mass is 127. The van der Waals surface area contributed by atoms with E-state index in [9.17, 15) is 4.79 Å².